The third-order valence-electron chi connectivity index (χ3n) is 5.26. The third-order valence-corrected chi connectivity index (χ3v) is 8.46. The van der Waals surface area contributed by atoms with Gasteiger partial charge in [-0.25, -0.2) is 4.39 Å². The first-order valence-electron chi connectivity index (χ1n) is 9.46. The van der Waals surface area contributed by atoms with E-state index in [1.54, 1.807) is 12.1 Å². The Bertz CT molecular complexity index is 796. The summed E-state index contributed by atoms with van der Waals surface area (Å²) in [5.74, 6) is -3.67. The van der Waals surface area contributed by atoms with E-state index in [1.165, 1.54) is 43.0 Å². The molecule has 2 aromatic rings. The molecule has 0 amide bonds. The van der Waals surface area contributed by atoms with Crippen LogP contribution in [0.2, 0.25) is 18.1 Å². The molecule has 0 N–H and O–H groups in total. The molecule has 7 heteroatoms. The maximum absolute atomic E-state index is 14.3. The molecule has 28 heavy (non-hydrogen) atoms. The van der Waals surface area contributed by atoms with Gasteiger partial charge >= 0.3 is 6.36 Å². The van der Waals surface area contributed by atoms with E-state index in [2.05, 4.69) is 11.7 Å². The highest BCUT2D eigenvalue weighted by molar-refractivity contribution is 6.59. The van der Waals surface area contributed by atoms with Gasteiger partial charge in [-0.1, -0.05) is 55.7 Å². The second-order valence-corrected chi connectivity index (χ2v) is 10.2. The summed E-state index contributed by atoms with van der Waals surface area (Å²) >= 11 is 0. The van der Waals surface area contributed by atoms with E-state index >= 15 is 0 Å². The molecular formula is C21H22F5OSi. The summed E-state index contributed by atoms with van der Waals surface area (Å²) in [6, 6.07) is 13.1. The average molecular weight is 413 g/mol. The lowest BCUT2D eigenvalue weighted by Crippen LogP contribution is -2.20. The number of hydrogen-bond donors (Lipinski definition) is 0. The smallest absolute Gasteiger partial charge is 0.403 e. The second-order valence-electron chi connectivity index (χ2n) is 7.18. The maximum Gasteiger partial charge on any atom is 0.573 e. The predicted octanol–water partition coefficient (Wildman–Crippen LogP) is 7.31. The van der Waals surface area contributed by atoms with Gasteiger partial charge in [-0.05, 0) is 42.0 Å². The van der Waals surface area contributed by atoms with Crippen LogP contribution in [0.25, 0.3) is 11.1 Å². The fraction of sp³-hybridized carbons (Fsp3) is 0.429. The van der Waals surface area contributed by atoms with Crippen LogP contribution in [0.15, 0.2) is 36.4 Å². The van der Waals surface area contributed by atoms with Crippen LogP contribution >= 0.6 is 0 Å². The highest BCUT2D eigenvalue weighted by atomic mass is 28.3. The first kappa shape index (κ1) is 20.8. The van der Waals surface area contributed by atoms with Crippen molar-refractivity contribution in [3.8, 4) is 16.9 Å². The summed E-state index contributed by atoms with van der Waals surface area (Å²) < 4.78 is 68.5. The van der Waals surface area contributed by atoms with Gasteiger partial charge in [-0.3, -0.25) is 0 Å². The molecule has 0 aliphatic carbocycles. The Hall–Kier alpha value is -1.89. The van der Waals surface area contributed by atoms with Gasteiger partial charge in [0, 0.05) is 14.4 Å². The summed E-state index contributed by atoms with van der Waals surface area (Å²) in [4.78, 5) is 0. The van der Waals surface area contributed by atoms with Crippen molar-refractivity contribution in [1.29, 1.82) is 0 Å². The van der Waals surface area contributed by atoms with E-state index in [9.17, 15) is 22.0 Å². The van der Waals surface area contributed by atoms with Crippen LogP contribution in [0.4, 0.5) is 22.0 Å². The van der Waals surface area contributed by atoms with E-state index in [1.807, 2.05) is 12.1 Å². The van der Waals surface area contributed by atoms with E-state index in [0.717, 1.165) is 12.1 Å². The molecule has 0 atom stereocenters. The van der Waals surface area contributed by atoms with Crippen molar-refractivity contribution >= 4 is 8.80 Å². The monoisotopic (exact) mass is 413 g/mol. The Morgan fingerprint density at radius 3 is 2.18 bits per heavy atom. The van der Waals surface area contributed by atoms with Crippen LogP contribution in [0.3, 0.4) is 0 Å². The summed E-state index contributed by atoms with van der Waals surface area (Å²) in [5, 5.41) is 0. The van der Waals surface area contributed by atoms with Crippen molar-refractivity contribution in [2.45, 2.75) is 56.6 Å². The normalized spacial score (nSPS) is 16.4. The van der Waals surface area contributed by atoms with Crippen molar-refractivity contribution in [2.75, 3.05) is 0 Å². The molecular weight excluding hydrogens is 391 g/mol. The molecule has 1 aliphatic heterocycles. The van der Waals surface area contributed by atoms with E-state index in [4.69, 9.17) is 0 Å². The summed E-state index contributed by atoms with van der Waals surface area (Å²) in [6.07, 6.45) is -1.49. The topological polar surface area (TPSA) is 9.23 Å². The van der Waals surface area contributed by atoms with Crippen LogP contribution < -0.4 is 4.74 Å². The van der Waals surface area contributed by atoms with Crippen molar-refractivity contribution in [3.05, 3.63) is 53.6 Å². The van der Waals surface area contributed by atoms with Crippen LogP contribution in [0.1, 0.15) is 37.7 Å². The number of alkyl halides is 3. The molecule has 1 radical (unpaired) electrons. The Kier molecular flexibility index (Phi) is 6.42. The quantitative estimate of drug-likeness (QED) is 0.369. The fourth-order valence-corrected chi connectivity index (χ4v) is 6.83. The van der Waals surface area contributed by atoms with Gasteiger partial charge in [-0.2, -0.15) is 4.39 Å². The maximum atomic E-state index is 14.3. The molecule has 0 bridgehead atoms. The fourth-order valence-electron chi connectivity index (χ4n) is 3.86. The first-order valence-corrected chi connectivity index (χ1v) is 11.6. The SMILES string of the molecule is CCC[Si]1CCC(c2ccc(-c3ccc(OC(F)(F)F)c(F)c3F)cc2)CC1. The molecule has 0 spiro atoms. The Morgan fingerprint density at radius 1 is 0.964 bits per heavy atom. The van der Waals surface area contributed by atoms with Gasteiger partial charge in [0.15, 0.2) is 11.6 Å². The van der Waals surface area contributed by atoms with Crippen molar-refractivity contribution < 1.29 is 26.7 Å². The molecule has 0 aromatic heterocycles. The number of ether oxygens (including phenoxy) is 1. The largest absolute Gasteiger partial charge is 0.573 e. The molecule has 3 rings (SSSR count). The first-order chi connectivity index (χ1) is 13.3. The molecule has 2 aromatic carbocycles. The number of benzene rings is 2. The van der Waals surface area contributed by atoms with Crippen LogP contribution in [0, 0.1) is 11.6 Å². The van der Waals surface area contributed by atoms with Crippen molar-refractivity contribution in [2.24, 2.45) is 0 Å². The van der Waals surface area contributed by atoms with E-state index in [-0.39, 0.29) is 14.4 Å². The van der Waals surface area contributed by atoms with Gasteiger partial charge in [-0.15, -0.1) is 13.2 Å². The second kappa shape index (κ2) is 8.63. The predicted molar refractivity (Wildman–Crippen MR) is 101 cm³/mol. The van der Waals surface area contributed by atoms with Gasteiger partial charge in [0.05, 0.1) is 0 Å². The standard InChI is InChI=1S/C21H22F5OSi/c1-2-11-28-12-9-15(10-13-28)14-3-5-16(6-4-14)17-7-8-18(20(23)19(17)22)27-21(24,25)26/h3-8,15H,2,9-13H2,1H3. The van der Waals surface area contributed by atoms with Gasteiger partial charge < -0.3 is 4.74 Å². The Morgan fingerprint density at radius 2 is 1.61 bits per heavy atom. The zero-order valence-corrected chi connectivity index (χ0v) is 16.6. The zero-order valence-electron chi connectivity index (χ0n) is 15.6. The number of halogens is 5. The Labute approximate surface area is 163 Å². The molecule has 0 unspecified atom stereocenters. The Balaban J connectivity index is 1.74. The highest BCUT2D eigenvalue weighted by Crippen LogP contribution is 2.37. The lowest BCUT2D eigenvalue weighted by molar-refractivity contribution is -0.275. The summed E-state index contributed by atoms with van der Waals surface area (Å²) in [5.41, 5.74) is 1.51. The molecule has 151 valence electrons. The molecule has 1 fully saturated rings. The third kappa shape index (κ3) is 4.93. The minimum atomic E-state index is -5.07. The number of hydrogen-bond acceptors (Lipinski definition) is 1. The molecule has 1 aliphatic rings. The molecule has 1 heterocycles. The minimum absolute atomic E-state index is 0.0874. The van der Waals surface area contributed by atoms with Crippen molar-refractivity contribution in [1.82, 2.24) is 0 Å². The van der Waals surface area contributed by atoms with Crippen LogP contribution in [-0.2, 0) is 0 Å². The van der Waals surface area contributed by atoms with Crippen LogP contribution in [0.5, 0.6) is 5.75 Å². The van der Waals surface area contributed by atoms with Gasteiger partial charge in [0.1, 0.15) is 0 Å². The summed E-state index contributed by atoms with van der Waals surface area (Å²) in [6.45, 7) is 2.23. The lowest BCUT2D eigenvalue weighted by Gasteiger charge is -2.27. The lowest BCUT2D eigenvalue weighted by atomic mass is 9.92. The molecule has 1 nitrogen and oxygen atoms in total. The zero-order chi connectivity index (χ0) is 20.3. The number of rotatable bonds is 5. The van der Waals surface area contributed by atoms with E-state index < -0.39 is 23.7 Å². The van der Waals surface area contributed by atoms with Gasteiger partial charge in [0.25, 0.3) is 0 Å². The minimum Gasteiger partial charge on any atom is -0.403 e. The average Bonchev–Trinajstić information content (AvgIpc) is 2.66. The highest BCUT2D eigenvalue weighted by Gasteiger charge is 2.33. The van der Waals surface area contributed by atoms with Crippen molar-refractivity contribution in [3.63, 3.8) is 0 Å². The molecule has 0 saturated carbocycles. The molecule has 1 saturated heterocycles. The summed E-state index contributed by atoms with van der Waals surface area (Å²) in [7, 11) is -0.200. The van der Waals surface area contributed by atoms with E-state index in [0.29, 0.717) is 11.5 Å². The van der Waals surface area contributed by atoms with Gasteiger partial charge in [0.2, 0.25) is 5.82 Å². The van der Waals surface area contributed by atoms with Crippen LogP contribution in [-0.4, -0.2) is 15.2 Å².